The molecule has 0 amide bonds. The van der Waals surface area contributed by atoms with Crippen LogP contribution in [0.5, 0.6) is 5.75 Å². The first-order chi connectivity index (χ1) is 13.8. The van der Waals surface area contributed by atoms with Crippen molar-refractivity contribution in [2.24, 2.45) is 5.92 Å². The van der Waals surface area contributed by atoms with Gasteiger partial charge in [0, 0.05) is 18.8 Å². The highest BCUT2D eigenvalue weighted by Gasteiger charge is 2.19. The molecule has 2 heterocycles. The Labute approximate surface area is 165 Å². The molecule has 0 radical (unpaired) electrons. The van der Waals surface area contributed by atoms with Crippen molar-refractivity contribution >= 4 is 17.5 Å². The fraction of sp³-hybridized carbons (Fsp3) is 0.318. The minimum atomic E-state index is 0.557. The second-order valence-electron chi connectivity index (χ2n) is 7.26. The van der Waals surface area contributed by atoms with E-state index in [0.29, 0.717) is 24.3 Å². The van der Waals surface area contributed by atoms with Crippen molar-refractivity contribution in [3.8, 4) is 5.75 Å². The van der Waals surface area contributed by atoms with Crippen LogP contribution in [0.2, 0.25) is 0 Å². The van der Waals surface area contributed by atoms with Gasteiger partial charge in [-0.3, -0.25) is 0 Å². The predicted molar refractivity (Wildman–Crippen MR) is 111 cm³/mol. The van der Waals surface area contributed by atoms with Crippen LogP contribution in [-0.4, -0.2) is 28.3 Å². The molecule has 1 N–H and O–H groups in total. The normalized spacial score (nSPS) is 16.6. The summed E-state index contributed by atoms with van der Waals surface area (Å²) in [6.45, 7) is 4.80. The van der Waals surface area contributed by atoms with E-state index in [9.17, 15) is 0 Å². The molecule has 1 aliphatic heterocycles. The molecule has 0 bridgehead atoms. The summed E-state index contributed by atoms with van der Waals surface area (Å²) in [4.78, 5) is 6.85. The van der Waals surface area contributed by atoms with Gasteiger partial charge in [-0.05, 0) is 48.6 Å². The predicted octanol–water partition coefficient (Wildman–Crippen LogP) is 4.43. The van der Waals surface area contributed by atoms with Gasteiger partial charge in [-0.2, -0.15) is 10.1 Å². The van der Waals surface area contributed by atoms with E-state index in [0.717, 1.165) is 30.1 Å². The number of nitrogens with zero attached hydrogens (tertiary/aromatic N) is 4. The van der Waals surface area contributed by atoms with Crippen molar-refractivity contribution in [1.82, 2.24) is 15.2 Å². The summed E-state index contributed by atoms with van der Waals surface area (Å²) in [7, 11) is 0. The maximum atomic E-state index is 5.83. The maximum absolute atomic E-state index is 5.83. The van der Waals surface area contributed by atoms with Crippen molar-refractivity contribution in [3.63, 3.8) is 0 Å². The highest BCUT2D eigenvalue weighted by Crippen LogP contribution is 2.22. The van der Waals surface area contributed by atoms with E-state index in [-0.39, 0.29) is 0 Å². The summed E-state index contributed by atoms with van der Waals surface area (Å²) in [5, 5.41) is 11.6. The van der Waals surface area contributed by atoms with E-state index >= 15 is 0 Å². The fourth-order valence-electron chi connectivity index (χ4n) is 3.38. The largest absolute Gasteiger partial charge is 0.489 e. The number of hydrogen-bond donors (Lipinski definition) is 1. The van der Waals surface area contributed by atoms with Crippen LogP contribution in [-0.2, 0) is 6.61 Å². The van der Waals surface area contributed by atoms with Gasteiger partial charge in [-0.25, -0.2) is 0 Å². The second kappa shape index (κ2) is 8.69. The van der Waals surface area contributed by atoms with Gasteiger partial charge in [0.05, 0.1) is 6.20 Å². The van der Waals surface area contributed by atoms with Crippen molar-refractivity contribution in [2.75, 3.05) is 23.3 Å². The standard InChI is InChI=1S/C22H25N5O/c1-17-6-5-13-27(15-17)22-25-21(14-23-26-22)24-19-9-11-20(12-10-19)28-16-18-7-3-2-4-8-18/h2-4,7-12,14,17H,5-6,13,15-16H2,1H3,(H,24,25,26). The Morgan fingerprint density at radius 2 is 1.93 bits per heavy atom. The monoisotopic (exact) mass is 375 g/mol. The van der Waals surface area contributed by atoms with E-state index in [1.807, 2.05) is 42.5 Å². The molecule has 1 fully saturated rings. The number of benzene rings is 2. The molecule has 0 spiro atoms. The Morgan fingerprint density at radius 1 is 1.11 bits per heavy atom. The van der Waals surface area contributed by atoms with Gasteiger partial charge >= 0.3 is 0 Å². The molecule has 4 rings (SSSR count). The van der Waals surface area contributed by atoms with Gasteiger partial charge in [-0.1, -0.05) is 37.3 Å². The molecule has 28 heavy (non-hydrogen) atoms. The minimum Gasteiger partial charge on any atom is -0.489 e. The molecule has 2 aromatic carbocycles. The molecular formula is C22H25N5O. The minimum absolute atomic E-state index is 0.557. The number of anilines is 3. The number of nitrogens with one attached hydrogen (secondary N) is 1. The Balaban J connectivity index is 1.37. The highest BCUT2D eigenvalue weighted by molar-refractivity contribution is 5.57. The van der Waals surface area contributed by atoms with E-state index in [1.54, 1.807) is 6.20 Å². The molecule has 0 aliphatic carbocycles. The van der Waals surface area contributed by atoms with Crippen LogP contribution in [0, 0.1) is 5.92 Å². The SMILES string of the molecule is CC1CCCN(c2nncc(Nc3ccc(OCc4ccccc4)cc3)n2)C1. The number of piperidine rings is 1. The molecule has 1 atom stereocenters. The summed E-state index contributed by atoms with van der Waals surface area (Å²) in [5.41, 5.74) is 2.09. The van der Waals surface area contributed by atoms with Crippen LogP contribution in [0.4, 0.5) is 17.5 Å². The van der Waals surface area contributed by atoms with Crippen LogP contribution in [0.1, 0.15) is 25.3 Å². The first-order valence-electron chi connectivity index (χ1n) is 9.75. The van der Waals surface area contributed by atoms with Crippen LogP contribution in [0.3, 0.4) is 0 Å². The quantitative estimate of drug-likeness (QED) is 0.688. The van der Waals surface area contributed by atoms with Gasteiger partial charge in [0.2, 0.25) is 5.95 Å². The van der Waals surface area contributed by atoms with E-state index in [2.05, 4.69) is 44.5 Å². The lowest BCUT2D eigenvalue weighted by Gasteiger charge is -2.30. The van der Waals surface area contributed by atoms with Gasteiger partial charge in [-0.15, -0.1) is 5.10 Å². The summed E-state index contributed by atoms with van der Waals surface area (Å²) >= 11 is 0. The van der Waals surface area contributed by atoms with Crippen molar-refractivity contribution in [3.05, 3.63) is 66.4 Å². The Hall–Kier alpha value is -3.15. The molecule has 144 valence electrons. The number of aromatic nitrogens is 3. The summed E-state index contributed by atoms with van der Waals surface area (Å²) in [6.07, 6.45) is 4.09. The zero-order valence-corrected chi connectivity index (χ0v) is 16.1. The van der Waals surface area contributed by atoms with E-state index < -0.39 is 0 Å². The number of hydrogen-bond acceptors (Lipinski definition) is 6. The summed E-state index contributed by atoms with van der Waals surface area (Å²) < 4.78 is 5.83. The van der Waals surface area contributed by atoms with Crippen molar-refractivity contribution in [1.29, 1.82) is 0 Å². The third kappa shape index (κ3) is 4.76. The molecule has 0 saturated carbocycles. The number of ether oxygens (including phenoxy) is 1. The first kappa shape index (κ1) is 18.2. The van der Waals surface area contributed by atoms with Gasteiger partial charge in [0.25, 0.3) is 0 Å². The molecule has 6 nitrogen and oxygen atoms in total. The van der Waals surface area contributed by atoms with Crippen LogP contribution in [0.25, 0.3) is 0 Å². The zero-order chi connectivity index (χ0) is 19.2. The Morgan fingerprint density at radius 3 is 2.71 bits per heavy atom. The molecule has 3 aromatic rings. The Bertz CT molecular complexity index is 885. The first-order valence-corrected chi connectivity index (χ1v) is 9.75. The van der Waals surface area contributed by atoms with Crippen LogP contribution in [0.15, 0.2) is 60.8 Å². The van der Waals surface area contributed by atoms with Gasteiger partial charge in [0.1, 0.15) is 12.4 Å². The average Bonchev–Trinajstić information content (AvgIpc) is 2.74. The molecule has 1 aromatic heterocycles. The summed E-state index contributed by atoms with van der Waals surface area (Å²) in [5.74, 6) is 2.89. The molecule has 1 aliphatic rings. The third-order valence-corrected chi connectivity index (χ3v) is 4.86. The van der Waals surface area contributed by atoms with Gasteiger partial charge in [0.15, 0.2) is 5.82 Å². The third-order valence-electron chi connectivity index (χ3n) is 4.86. The molecular weight excluding hydrogens is 350 g/mol. The number of rotatable bonds is 6. The maximum Gasteiger partial charge on any atom is 0.247 e. The van der Waals surface area contributed by atoms with E-state index in [1.165, 1.54) is 12.8 Å². The highest BCUT2D eigenvalue weighted by atomic mass is 16.5. The summed E-state index contributed by atoms with van der Waals surface area (Å²) in [6, 6.07) is 18.0. The van der Waals surface area contributed by atoms with Crippen LogP contribution < -0.4 is 15.0 Å². The smallest absolute Gasteiger partial charge is 0.247 e. The lowest BCUT2D eigenvalue weighted by molar-refractivity contribution is 0.306. The molecule has 1 unspecified atom stereocenters. The van der Waals surface area contributed by atoms with Crippen LogP contribution >= 0.6 is 0 Å². The molecule has 1 saturated heterocycles. The average molecular weight is 375 g/mol. The van der Waals surface area contributed by atoms with Crippen molar-refractivity contribution in [2.45, 2.75) is 26.4 Å². The topological polar surface area (TPSA) is 63.2 Å². The fourth-order valence-corrected chi connectivity index (χ4v) is 3.38. The lowest BCUT2D eigenvalue weighted by atomic mass is 10.0. The Kier molecular flexibility index (Phi) is 5.66. The van der Waals surface area contributed by atoms with Gasteiger partial charge < -0.3 is 15.0 Å². The zero-order valence-electron chi connectivity index (χ0n) is 16.1. The lowest BCUT2D eigenvalue weighted by Crippen LogP contribution is -2.35. The van der Waals surface area contributed by atoms with E-state index in [4.69, 9.17) is 4.74 Å². The second-order valence-corrected chi connectivity index (χ2v) is 7.26. The molecule has 6 heteroatoms. The van der Waals surface area contributed by atoms with Crippen molar-refractivity contribution < 1.29 is 4.74 Å².